The van der Waals surface area contributed by atoms with Gasteiger partial charge in [0, 0.05) is 43.7 Å². The molecule has 0 radical (unpaired) electrons. The molecule has 1 aromatic heterocycles. The van der Waals surface area contributed by atoms with Gasteiger partial charge in [0.2, 0.25) is 0 Å². The number of imidazole rings is 1. The molecule has 0 atom stereocenters. The number of aromatic nitrogens is 2. The maximum atomic E-state index is 11.3. The van der Waals surface area contributed by atoms with E-state index in [1.165, 1.54) is 5.56 Å². The van der Waals surface area contributed by atoms with Gasteiger partial charge < -0.3 is 19.5 Å². The molecule has 0 bridgehead atoms. The van der Waals surface area contributed by atoms with Gasteiger partial charge in [-0.15, -0.1) is 0 Å². The Hall–Kier alpha value is -2.99. The van der Waals surface area contributed by atoms with E-state index in [9.17, 15) is 10.2 Å². The van der Waals surface area contributed by atoms with Crippen LogP contribution in [-0.2, 0) is 37.5 Å². The van der Waals surface area contributed by atoms with Gasteiger partial charge in [-0.05, 0) is 28.0 Å². The summed E-state index contributed by atoms with van der Waals surface area (Å²) in [4.78, 5) is 6.69. The molecule has 0 aliphatic heterocycles. The van der Waals surface area contributed by atoms with Crippen LogP contribution in [0.5, 0.6) is 17.2 Å². The zero-order valence-electron chi connectivity index (χ0n) is 21.8. The van der Waals surface area contributed by atoms with Gasteiger partial charge in [-0.25, -0.2) is 4.98 Å². The Bertz CT molecular complexity index is 1140. The topological polar surface area (TPSA) is 70.8 Å². The Morgan fingerprint density at radius 1 is 0.912 bits per heavy atom. The first-order chi connectivity index (χ1) is 15.8. The molecule has 0 unspecified atom stereocenters. The van der Waals surface area contributed by atoms with Crippen LogP contribution in [-0.4, -0.2) is 31.8 Å². The molecule has 3 rings (SSSR count). The lowest BCUT2D eigenvalue weighted by atomic mass is 9.79. The summed E-state index contributed by atoms with van der Waals surface area (Å²) < 4.78 is 7.30. The number of ether oxygens (including phenoxy) is 1. The second-order valence-corrected chi connectivity index (χ2v) is 11.1. The molecule has 184 valence electrons. The van der Waals surface area contributed by atoms with Crippen molar-refractivity contribution < 1.29 is 14.9 Å². The van der Waals surface area contributed by atoms with Crippen LogP contribution >= 0.6 is 0 Å². The normalized spacial score (nSPS) is 12.4. The standard InChI is InChI=1S/C28H39N3O3/c1-27(2,3)21-14-20(25(32)22(15-21)28(4,5)6)17-31(18-24-29-12-13-30(24)7)16-19-10-9-11-23(34-8)26(19)33/h9-15,32-33H,16-18H2,1-8H3. The number of aromatic hydroxyl groups is 2. The molecular weight excluding hydrogens is 426 g/mol. The third-order valence-corrected chi connectivity index (χ3v) is 6.24. The quantitative estimate of drug-likeness (QED) is 0.473. The Balaban J connectivity index is 2.06. The van der Waals surface area contributed by atoms with Crippen LogP contribution < -0.4 is 4.74 Å². The van der Waals surface area contributed by atoms with Crippen LogP contribution in [0.15, 0.2) is 42.7 Å². The molecule has 3 aromatic rings. The summed E-state index contributed by atoms with van der Waals surface area (Å²) in [5.41, 5.74) is 3.50. The van der Waals surface area contributed by atoms with Gasteiger partial charge in [0.05, 0.1) is 13.7 Å². The first kappa shape index (κ1) is 25.6. The highest BCUT2D eigenvalue weighted by molar-refractivity contribution is 5.49. The SMILES string of the molecule is COc1cccc(CN(Cc2cc(C(C)(C)C)cc(C(C)(C)C)c2O)Cc2nccn2C)c1O. The number of benzene rings is 2. The summed E-state index contributed by atoms with van der Waals surface area (Å²) in [5, 5.41) is 22.0. The summed E-state index contributed by atoms with van der Waals surface area (Å²) in [6, 6.07) is 9.77. The Morgan fingerprint density at radius 3 is 2.15 bits per heavy atom. The lowest BCUT2D eigenvalue weighted by molar-refractivity contribution is 0.231. The van der Waals surface area contributed by atoms with Crippen LogP contribution in [0.2, 0.25) is 0 Å². The average molecular weight is 466 g/mol. The fraction of sp³-hybridized carbons (Fsp3) is 0.464. The Morgan fingerprint density at radius 2 is 1.59 bits per heavy atom. The van der Waals surface area contributed by atoms with E-state index in [1.807, 2.05) is 29.9 Å². The number of phenolic OH excluding ortho intramolecular Hbond substituents is 2. The van der Waals surface area contributed by atoms with Gasteiger partial charge in [0.1, 0.15) is 11.6 Å². The van der Waals surface area contributed by atoms with Gasteiger partial charge in [0.25, 0.3) is 0 Å². The molecule has 0 spiro atoms. The summed E-state index contributed by atoms with van der Waals surface area (Å²) >= 11 is 0. The fourth-order valence-electron chi connectivity index (χ4n) is 4.08. The van der Waals surface area contributed by atoms with Crippen molar-refractivity contribution in [1.29, 1.82) is 0 Å². The molecule has 2 aromatic carbocycles. The van der Waals surface area contributed by atoms with E-state index in [0.29, 0.717) is 31.1 Å². The highest BCUT2D eigenvalue weighted by Crippen LogP contribution is 2.39. The number of methoxy groups -OCH3 is 1. The van der Waals surface area contributed by atoms with E-state index >= 15 is 0 Å². The van der Waals surface area contributed by atoms with Crippen molar-refractivity contribution in [2.45, 2.75) is 72.0 Å². The molecule has 6 nitrogen and oxygen atoms in total. The van der Waals surface area contributed by atoms with Crippen LogP contribution in [0, 0.1) is 0 Å². The van der Waals surface area contributed by atoms with Crippen LogP contribution in [0.3, 0.4) is 0 Å². The molecule has 6 heteroatoms. The minimum atomic E-state index is -0.199. The highest BCUT2D eigenvalue weighted by Gasteiger charge is 2.26. The summed E-state index contributed by atoms with van der Waals surface area (Å²) in [6.45, 7) is 14.5. The number of phenols is 2. The lowest BCUT2D eigenvalue weighted by Gasteiger charge is -2.29. The molecule has 0 amide bonds. The van der Waals surface area contributed by atoms with Crippen molar-refractivity contribution >= 4 is 0 Å². The van der Waals surface area contributed by atoms with Crippen LogP contribution in [0.25, 0.3) is 0 Å². The monoisotopic (exact) mass is 465 g/mol. The number of rotatable bonds is 7. The van der Waals surface area contributed by atoms with Crippen molar-refractivity contribution in [1.82, 2.24) is 14.5 Å². The van der Waals surface area contributed by atoms with Crippen molar-refractivity contribution in [3.05, 3.63) is 70.8 Å². The van der Waals surface area contributed by atoms with Gasteiger partial charge in [-0.1, -0.05) is 65.8 Å². The number of hydrogen-bond donors (Lipinski definition) is 2. The van der Waals surface area contributed by atoms with Gasteiger partial charge in [-0.3, -0.25) is 4.90 Å². The van der Waals surface area contributed by atoms with E-state index in [1.54, 1.807) is 19.4 Å². The predicted octanol–water partition coefficient (Wildman–Crippen LogP) is 5.64. The van der Waals surface area contributed by atoms with Gasteiger partial charge in [0.15, 0.2) is 11.5 Å². The number of para-hydroxylation sites is 1. The molecule has 1 heterocycles. The molecule has 0 saturated heterocycles. The Labute approximate surface area is 203 Å². The average Bonchev–Trinajstić information content (AvgIpc) is 3.13. The van der Waals surface area contributed by atoms with Crippen molar-refractivity contribution in [3.63, 3.8) is 0 Å². The second-order valence-electron chi connectivity index (χ2n) is 11.1. The second kappa shape index (κ2) is 9.71. The van der Waals surface area contributed by atoms with Crippen LogP contribution in [0.4, 0.5) is 0 Å². The van der Waals surface area contributed by atoms with Gasteiger partial charge >= 0.3 is 0 Å². The highest BCUT2D eigenvalue weighted by atomic mass is 16.5. The predicted molar refractivity (Wildman–Crippen MR) is 136 cm³/mol. The minimum Gasteiger partial charge on any atom is -0.507 e. The molecule has 0 saturated carbocycles. The van der Waals surface area contributed by atoms with Crippen molar-refractivity contribution in [3.8, 4) is 17.2 Å². The number of aryl methyl sites for hydroxylation is 1. The summed E-state index contributed by atoms with van der Waals surface area (Å²) in [5.74, 6) is 1.82. The number of nitrogens with zero attached hydrogens (tertiary/aromatic N) is 3. The molecule has 2 N–H and O–H groups in total. The lowest BCUT2D eigenvalue weighted by Crippen LogP contribution is -2.25. The maximum Gasteiger partial charge on any atom is 0.162 e. The molecule has 34 heavy (non-hydrogen) atoms. The summed E-state index contributed by atoms with van der Waals surface area (Å²) in [6.07, 6.45) is 3.71. The molecule has 0 fully saturated rings. The third-order valence-electron chi connectivity index (χ3n) is 6.24. The van der Waals surface area contributed by atoms with Crippen LogP contribution in [0.1, 0.15) is 69.6 Å². The van der Waals surface area contributed by atoms with Crippen molar-refractivity contribution in [2.24, 2.45) is 7.05 Å². The van der Waals surface area contributed by atoms with E-state index < -0.39 is 0 Å². The first-order valence-electron chi connectivity index (χ1n) is 11.7. The molecule has 0 aliphatic carbocycles. The zero-order valence-corrected chi connectivity index (χ0v) is 21.8. The summed E-state index contributed by atoms with van der Waals surface area (Å²) in [7, 11) is 3.52. The van der Waals surface area contributed by atoms with E-state index in [2.05, 4.69) is 63.6 Å². The minimum absolute atomic E-state index is 0.0575. The first-order valence-corrected chi connectivity index (χ1v) is 11.7. The van der Waals surface area contributed by atoms with E-state index in [0.717, 1.165) is 22.5 Å². The van der Waals surface area contributed by atoms with Gasteiger partial charge in [-0.2, -0.15) is 0 Å². The smallest absolute Gasteiger partial charge is 0.162 e. The maximum absolute atomic E-state index is 11.3. The van der Waals surface area contributed by atoms with E-state index in [4.69, 9.17) is 4.74 Å². The fourth-order valence-corrected chi connectivity index (χ4v) is 4.08. The largest absolute Gasteiger partial charge is 0.507 e. The zero-order chi connectivity index (χ0) is 25.3. The molecular formula is C28H39N3O3. The van der Waals surface area contributed by atoms with E-state index in [-0.39, 0.29) is 16.6 Å². The van der Waals surface area contributed by atoms with Crippen molar-refractivity contribution in [2.75, 3.05) is 7.11 Å². The third kappa shape index (κ3) is 5.73. The molecule has 0 aliphatic rings. The number of hydrogen-bond acceptors (Lipinski definition) is 5. The Kier molecular flexibility index (Phi) is 7.32.